The Balaban J connectivity index is 2.30. The van der Waals surface area contributed by atoms with Crippen molar-refractivity contribution in [1.82, 2.24) is 5.32 Å². The molecule has 0 aliphatic rings. The molecule has 2 nitrogen and oxygen atoms in total. The van der Waals surface area contributed by atoms with E-state index in [-0.39, 0.29) is 6.04 Å². The van der Waals surface area contributed by atoms with Crippen molar-refractivity contribution in [1.29, 1.82) is 0 Å². The molecule has 0 aromatic heterocycles. The second-order valence-corrected chi connectivity index (χ2v) is 5.85. The van der Waals surface area contributed by atoms with Crippen LogP contribution in [0.15, 0.2) is 36.4 Å². The summed E-state index contributed by atoms with van der Waals surface area (Å²) in [5.41, 5.74) is 3.30. The normalized spacial score (nSPS) is 12.2. The number of hydrogen-bond donors (Lipinski definition) is 1. The molecule has 0 heterocycles. The van der Waals surface area contributed by atoms with Crippen LogP contribution in [0.3, 0.4) is 0 Å². The number of aryl methyl sites for hydroxylation is 1. The van der Waals surface area contributed by atoms with Crippen molar-refractivity contribution in [3.05, 3.63) is 63.1 Å². The largest absolute Gasteiger partial charge is 0.496 e. The average molecular weight is 324 g/mol. The molecule has 4 heteroatoms. The zero-order chi connectivity index (χ0) is 15.4. The maximum absolute atomic E-state index is 6.23. The molecule has 0 amide bonds. The van der Waals surface area contributed by atoms with Crippen molar-refractivity contribution in [2.24, 2.45) is 0 Å². The quantitative estimate of drug-likeness (QED) is 0.852. The van der Waals surface area contributed by atoms with Gasteiger partial charge < -0.3 is 10.1 Å². The molecular formula is C17H19Cl2NO. The Hall–Kier alpha value is -1.22. The van der Waals surface area contributed by atoms with Crippen LogP contribution in [-0.2, 0) is 6.42 Å². The highest BCUT2D eigenvalue weighted by molar-refractivity contribution is 6.31. The Morgan fingerprint density at radius 1 is 1.14 bits per heavy atom. The van der Waals surface area contributed by atoms with Gasteiger partial charge in [-0.25, -0.2) is 0 Å². The molecule has 2 aromatic carbocycles. The van der Waals surface area contributed by atoms with E-state index in [9.17, 15) is 0 Å². The minimum Gasteiger partial charge on any atom is -0.496 e. The molecule has 0 fully saturated rings. The summed E-state index contributed by atoms with van der Waals surface area (Å²) in [7, 11) is 3.61. The van der Waals surface area contributed by atoms with Crippen LogP contribution in [0.1, 0.15) is 22.7 Å². The van der Waals surface area contributed by atoms with Gasteiger partial charge in [-0.05, 0) is 61.3 Å². The summed E-state index contributed by atoms with van der Waals surface area (Å²) in [4.78, 5) is 0. The second kappa shape index (κ2) is 7.17. The monoisotopic (exact) mass is 323 g/mol. The van der Waals surface area contributed by atoms with Crippen LogP contribution in [-0.4, -0.2) is 14.2 Å². The third kappa shape index (κ3) is 3.91. The Morgan fingerprint density at radius 3 is 2.52 bits per heavy atom. The molecule has 0 saturated carbocycles. The first kappa shape index (κ1) is 16.2. The van der Waals surface area contributed by atoms with E-state index >= 15 is 0 Å². The van der Waals surface area contributed by atoms with E-state index in [4.69, 9.17) is 27.9 Å². The lowest BCUT2D eigenvalue weighted by Crippen LogP contribution is -2.19. The molecule has 0 bridgehead atoms. The van der Waals surface area contributed by atoms with Gasteiger partial charge in [-0.2, -0.15) is 0 Å². The van der Waals surface area contributed by atoms with Gasteiger partial charge in [0.05, 0.1) is 7.11 Å². The fourth-order valence-electron chi connectivity index (χ4n) is 2.34. The Morgan fingerprint density at radius 2 is 1.90 bits per heavy atom. The lowest BCUT2D eigenvalue weighted by molar-refractivity contribution is 0.406. The maximum atomic E-state index is 6.23. The van der Waals surface area contributed by atoms with Gasteiger partial charge >= 0.3 is 0 Å². The molecule has 0 aliphatic carbocycles. The van der Waals surface area contributed by atoms with Crippen molar-refractivity contribution >= 4 is 23.2 Å². The van der Waals surface area contributed by atoms with Crippen molar-refractivity contribution in [3.8, 4) is 5.75 Å². The highest BCUT2D eigenvalue weighted by Gasteiger charge is 2.14. The second-order valence-electron chi connectivity index (χ2n) is 5.01. The molecule has 1 unspecified atom stereocenters. The Kier molecular flexibility index (Phi) is 5.51. The van der Waals surface area contributed by atoms with E-state index in [2.05, 4.69) is 11.4 Å². The van der Waals surface area contributed by atoms with Gasteiger partial charge in [-0.1, -0.05) is 35.3 Å². The van der Waals surface area contributed by atoms with Crippen LogP contribution in [0.5, 0.6) is 5.75 Å². The van der Waals surface area contributed by atoms with Crippen molar-refractivity contribution in [2.75, 3.05) is 14.2 Å². The molecule has 0 radical (unpaired) electrons. The fraction of sp³-hybridized carbons (Fsp3) is 0.294. The molecule has 2 aromatic rings. The molecule has 0 aliphatic heterocycles. The summed E-state index contributed by atoms with van der Waals surface area (Å²) >= 11 is 12.3. The predicted octanol–water partition coefficient (Wildman–Crippen LogP) is 4.81. The summed E-state index contributed by atoms with van der Waals surface area (Å²) in [6.07, 6.45) is 0.777. The third-order valence-corrected chi connectivity index (χ3v) is 4.26. The molecule has 21 heavy (non-hydrogen) atoms. The summed E-state index contributed by atoms with van der Waals surface area (Å²) < 4.78 is 5.41. The van der Waals surface area contributed by atoms with Crippen LogP contribution < -0.4 is 10.1 Å². The van der Waals surface area contributed by atoms with Gasteiger partial charge in [0.2, 0.25) is 0 Å². The van der Waals surface area contributed by atoms with E-state index in [1.54, 1.807) is 7.11 Å². The standard InChI is InChI=1S/C17H19Cl2NO/c1-11-4-5-12(9-15(11)19)16(20-2)10-13-8-14(18)6-7-17(13)21-3/h4-9,16,20H,10H2,1-3H3. The summed E-state index contributed by atoms with van der Waals surface area (Å²) in [6.45, 7) is 2.00. The smallest absolute Gasteiger partial charge is 0.122 e. The van der Waals surface area contributed by atoms with Crippen LogP contribution in [0.25, 0.3) is 0 Å². The number of methoxy groups -OCH3 is 1. The van der Waals surface area contributed by atoms with Gasteiger partial charge in [0.25, 0.3) is 0 Å². The van der Waals surface area contributed by atoms with E-state index < -0.39 is 0 Å². The van der Waals surface area contributed by atoms with E-state index in [1.165, 1.54) is 0 Å². The van der Waals surface area contributed by atoms with E-state index in [0.717, 1.165) is 33.9 Å². The summed E-state index contributed by atoms with van der Waals surface area (Å²) in [6, 6.07) is 12.0. The highest BCUT2D eigenvalue weighted by atomic mass is 35.5. The molecule has 2 rings (SSSR count). The third-order valence-electron chi connectivity index (χ3n) is 3.61. The van der Waals surface area contributed by atoms with E-state index in [0.29, 0.717) is 5.02 Å². The number of likely N-dealkylation sites (N-methyl/N-ethyl adjacent to an activating group) is 1. The summed E-state index contributed by atoms with van der Waals surface area (Å²) in [5, 5.41) is 4.82. The first-order valence-corrected chi connectivity index (χ1v) is 7.56. The first-order valence-electron chi connectivity index (χ1n) is 6.81. The highest BCUT2D eigenvalue weighted by Crippen LogP contribution is 2.29. The lowest BCUT2D eigenvalue weighted by atomic mass is 9.97. The van der Waals surface area contributed by atoms with Gasteiger partial charge in [0.1, 0.15) is 5.75 Å². The molecular weight excluding hydrogens is 305 g/mol. The predicted molar refractivity (Wildman–Crippen MR) is 89.7 cm³/mol. The van der Waals surface area contributed by atoms with Crippen LogP contribution >= 0.6 is 23.2 Å². The molecule has 1 atom stereocenters. The van der Waals surface area contributed by atoms with Gasteiger partial charge in [-0.15, -0.1) is 0 Å². The zero-order valence-electron chi connectivity index (χ0n) is 12.4. The van der Waals surface area contributed by atoms with Crippen LogP contribution in [0.2, 0.25) is 10.0 Å². The average Bonchev–Trinajstić information content (AvgIpc) is 2.48. The number of nitrogens with one attached hydrogen (secondary N) is 1. The van der Waals surface area contributed by atoms with Gasteiger partial charge in [0.15, 0.2) is 0 Å². The minimum absolute atomic E-state index is 0.149. The number of halogens is 2. The van der Waals surface area contributed by atoms with E-state index in [1.807, 2.05) is 44.3 Å². The molecule has 112 valence electrons. The van der Waals surface area contributed by atoms with Crippen molar-refractivity contribution < 1.29 is 4.74 Å². The van der Waals surface area contributed by atoms with Crippen LogP contribution in [0, 0.1) is 6.92 Å². The van der Waals surface area contributed by atoms with Gasteiger partial charge in [0, 0.05) is 16.1 Å². The van der Waals surface area contributed by atoms with Crippen molar-refractivity contribution in [3.63, 3.8) is 0 Å². The minimum atomic E-state index is 0.149. The molecule has 0 saturated heterocycles. The Labute approximate surface area is 136 Å². The Bertz CT molecular complexity index is 628. The number of ether oxygens (including phenoxy) is 1. The number of benzene rings is 2. The zero-order valence-corrected chi connectivity index (χ0v) is 13.9. The molecule has 1 N–H and O–H groups in total. The molecule has 0 spiro atoms. The maximum Gasteiger partial charge on any atom is 0.122 e. The summed E-state index contributed by atoms with van der Waals surface area (Å²) in [5.74, 6) is 0.845. The number of rotatable bonds is 5. The number of hydrogen-bond acceptors (Lipinski definition) is 2. The van der Waals surface area contributed by atoms with Crippen molar-refractivity contribution in [2.45, 2.75) is 19.4 Å². The SMILES string of the molecule is CNC(Cc1cc(Cl)ccc1OC)c1ccc(C)c(Cl)c1. The first-order chi connectivity index (χ1) is 10.0. The fourth-order valence-corrected chi connectivity index (χ4v) is 2.72. The van der Waals surface area contributed by atoms with Crippen LogP contribution in [0.4, 0.5) is 0 Å². The topological polar surface area (TPSA) is 21.3 Å². The lowest BCUT2D eigenvalue weighted by Gasteiger charge is -2.19. The van der Waals surface area contributed by atoms with Gasteiger partial charge in [-0.3, -0.25) is 0 Å².